The standard InChI is InChI=1S/C21H27N3O4S/c1-16-12-13-24(20(14-16)22-18-9-5-4-6-10-18)21(25)17-8-7-11-19(15-17)29(26,27)23(2)28-3/h7-8,11-15,18H,4-6,9-10H2,1-3H3. The number of benzene rings is 1. The van der Waals surface area contributed by atoms with Gasteiger partial charge in [0, 0.05) is 18.8 Å². The third kappa shape index (κ3) is 4.83. The Hall–Kier alpha value is -2.29. The van der Waals surface area contributed by atoms with E-state index in [0.717, 1.165) is 35.7 Å². The molecule has 2 aromatic rings. The van der Waals surface area contributed by atoms with Crippen molar-refractivity contribution in [1.29, 1.82) is 0 Å². The number of carbonyl (C=O) groups excluding carboxylic acids is 1. The fourth-order valence-electron chi connectivity index (χ4n) is 3.43. The maximum Gasteiger partial charge on any atom is 0.264 e. The van der Waals surface area contributed by atoms with Gasteiger partial charge in [0.2, 0.25) is 0 Å². The van der Waals surface area contributed by atoms with E-state index in [-0.39, 0.29) is 22.4 Å². The molecule has 0 radical (unpaired) electrons. The SMILES string of the molecule is CON(C)S(=O)(=O)c1cccc(C(=O)n2ccc(C)cc2=NC2CCCCC2)c1. The maximum atomic E-state index is 13.2. The predicted octanol–water partition coefficient (Wildman–Crippen LogP) is 2.90. The van der Waals surface area contributed by atoms with Gasteiger partial charge < -0.3 is 0 Å². The summed E-state index contributed by atoms with van der Waals surface area (Å²) < 4.78 is 27.3. The van der Waals surface area contributed by atoms with Gasteiger partial charge in [-0.2, -0.15) is 0 Å². The zero-order valence-corrected chi connectivity index (χ0v) is 17.9. The minimum absolute atomic E-state index is 0.00817. The summed E-state index contributed by atoms with van der Waals surface area (Å²) in [5.41, 5.74) is 1.88. The van der Waals surface area contributed by atoms with Crippen molar-refractivity contribution in [2.24, 2.45) is 4.99 Å². The molecule has 0 unspecified atom stereocenters. The quantitative estimate of drug-likeness (QED) is 0.701. The van der Waals surface area contributed by atoms with Gasteiger partial charge in [-0.15, -0.1) is 0 Å². The van der Waals surface area contributed by atoms with Crippen LogP contribution in [-0.2, 0) is 14.9 Å². The molecular formula is C21H27N3O4S. The number of nitrogens with zero attached hydrogens (tertiary/aromatic N) is 3. The van der Waals surface area contributed by atoms with E-state index in [0.29, 0.717) is 5.49 Å². The van der Waals surface area contributed by atoms with Crippen LogP contribution >= 0.6 is 0 Å². The monoisotopic (exact) mass is 417 g/mol. The van der Waals surface area contributed by atoms with E-state index in [1.54, 1.807) is 18.3 Å². The van der Waals surface area contributed by atoms with Crippen LogP contribution in [0.15, 0.2) is 52.5 Å². The minimum Gasteiger partial charge on any atom is -0.288 e. The Kier molecular flexibility index (Phi) is 6.66. The summed E-state index contributed by atoms with van der Waals surface area (Å²) in [6.45, 7) is 1.96. The molecule has 1 fully saturated rings. The number of hydrogen-bond donors (Lipinski definition) is 0. The van der Waals surface area contributed by atoms with Crippen molar-refractivity contribution in [1.82, 2.24) is 9.04 Å². The molecule has 0 aliphatic heterocycles. The van der Waals surface area contributed by atoms with Gasteiger partial charge in [-0.3, -0.25) is 19.2 Å². The highest BCUT2D eigenvalue weighted by molar-refractivity contribution is 7.89. The summed E-state index contributed by atoms with van der Waals surface area (Å²) in [7, 11) is -1.26. The molecule has 29 heavy (non-hydrogen) atoms. The Bertz CT molecular complexity index is 1050. The van der Waals surface area contributed by atoms with Gasteiger partial charge in [-0.05, 0) is 55.7 Å². The van der Waals surface area contributed by atoms with E-state index < -0.39 is 10.0 Å². The second kappa shape index (κ2) is 9.02. The summed E-state index contributed by atoms with van der Waals surface area (Å²) in [5.74, 6) is -0.323. The van der Waals surface area contributed by atoms with Crippen LogP contribution in [0, 0.1) is 6.92 Å². The van der Waals surface area contributed by atoms with Crippen LogP contribution < -0.4 is 5.49 Å². The number of sulfonamides is 1. The van der Waals surface area contributed by atoms with Crippen molar-refractivity contribution in [2.75, 3.05) is 14.2 Å². The Morgan fingerprint density at radius 1 is 1.17 bits per heavy atom. The molecule has 1 aliphatic carbocycles. The van der Waals surface area contributed by atoms with Crippen molar-refractivity contribution in [3.8, 4) is 0 Å². The second-order valence-electron chi connectivity index (χ2n) is 7.28. The number of hydrogen-bond acceptors (Lipinski definition) is 5. The smallest absolute Gasteiger partial charge is 0.264 e. The lowest BCUT2D eigenvalue weighted by Gasteiger charge is -2.18. The second-order valence-corrected chi connectivity index (χ2v) is 9.22. The highest BCUT2D eigenvalue weighted by atomic mass is 32.2. The van der Waals surface area contributed by atoms with E-state index in [9.17, 15) is 13.2 Å². The molecule has 8 heteroatoms. The van der Waals surface area contributed by atoms with Crippen molar-refractivity contribution in [3.05, 3.63) is 59.2 Å². The highest BCUT2D eigenvalue weighted by Crippen LogP contribution is 2.20. The van der Waals surface area contributed by atoms with Gasteiger partial charge in [-0.1, -0.05) is 29.8 Å². The number of rotatable bonds is 5. The van der Waals surface area contributed by atoms with Crippen LogP contribution in [0.2, 0.25) is 0 Å². The van der Waals surface area contributed by atoms with Gasteiger partial charge in [0.05, 0.1) is 18.0 Å². The number of pyridine rings is 1. The summed E-state index contributed by atoms with van der Waals surface area (Å²) in [6, 6.07) is 9.91. The van der Waals surface area contributed by atoms with Gasteiger partial charge in [-0.25, -0.2) is 8.42 Å². The first-order valence-corrected chi connectivity index (χ1v) is 11.2. The van der Waals surface area contributed by atoms with Crippen LogP contribution in [-0.4, -0.2) is 43.6 Å². The number of hydroxylamine groups is 1. The van der Waals surface area contributed by atoms with E-state index in [2.05, 4.69) is 0 Å². The first kappa shape index (κ1) is 21.4. The van der Waals surface area contributed by atoms with Gasteiger partial charge in [0.1, 0.15) is 5.49 Å². The van der Waals surface area contributed by atoms with E-state index >= 15 is 0 Å². The Morgan fingerprint density at radius 2 is 1.90 bits per heavy atom. The van der Waals surface area contributed by atoms with Crippen LogP contribution in [0.4, 0.5) is 0 Å². The fourth-order valence-corrected chi connectivity index (χ4v) is 4.45. The molecule has 3 rings (SSSR count). The summed E-state index contributed by atoms with van der Waals surface area (Å²) in [5, 5.41) is 0. The molecule has 1 heterocycles. The molecule has 0 amide bonds. The van der Waals surface area contributed by atoms with Crippen molar-refractivity contribution >= 4 is 15.9 Å². The summed E-state index contributed by atoms with van der Waals surface area (Å²) in [6.07, 6.45) is 7.29. The largest absolute Gasteiger partial charge is 0.288 e. The van der Waals surface area contributed by atoms with Crippen molar-refractivity contribution < 1.29 is 18.0 Å². The number of carbonyl (C=O) groups is 1. The first-order chi connectivity index (χ1) is 13.8. The molecule has 0 N–H and O–H groups in total. The zero-order chi connectivity index (χ0) is 21.0. The third-order valence-corrected chi connectivity index (χ3v) is 6.85. The lowest BCUT2D eigenvalue weighted by atomic mass is 9.96. The van der Waals surface area contributed by atoms with Crippen LogP contribution in [0.1, 0.15) is 48.0 Å². The summed E-state index contributed by atoms with van der Waals surface area (Å²) in [4.78, 5) is 22.8. The molecule has 0 saturated heterocycles. The molecule has 0 bridgehead atoms. The molecule has 1 saturated carbocycles. The van der Waals surface area contributed by atoms with E-state index in [1.807, 2.05) is 19.1 Å². The average molecular weight is 418 g/mol. The van der Waals surface area contributed by atoms with E-state index in [1.165, 1.54) is 37.3 Å². The zero-order valence-electron chi connectivity index (χ0n) is 17.0. The molecule has 1 aliphatic rings. The number of aryl methyl sites for hydroxylation is 1. The Labute approximate surface area is 171 Å². The lowest BCUT2D eigenvalue weighted by molar-refractivity contribution is -0.0258. The van der Waals surface area contributed by atoms with Crippen molar-refractivity contribution in [2.45, 2.75) is 50.0 Å². The normalized spacial score (nSPS) is 16.3. The fraction of sp³-hybridized carbons (Fsp3) is 0.429. The Morgan fingerprint density at radius 3 is 2.59 bits per heavy atom. The van der Waals surface area contributed by atoms with Gasteiger partial charge >= 0.3 is 0 Å². The average Bonchev–Trinajstić information content (AvgIpc) is 2.73. The lowest BCUT2D eigenvalue weighted by Crippen LogP contribution is -2.30. The molecule has 0 atom stereocenters. The first-order valence-electron chi connectivity index (χ1n) is 9.74. The molecule has 1 aromatic carbocycles. The topological polar surface area (TPSA) is 81.0 Å². The van der Waals surface area contributed by atoms with Crippen LogP contribution in [0.5, 0.6) is 0 Å². The molecule has 156 valence electrons. The summed E-state index contributed by atoms with van der Waals surface area (Å²) >= 11 is 0. The van der Waals surface area contributed by atoms with Gasteiger partial charge in [0.25, 0.3) is 15.9 Å². The molecular weight excluding hydrogens is 390 g/mol. The number of aromatic nitrogens is 1. The van der Waals surface area contributed by atoms with Crippen LogP contribution in [0.3, 0.4) is 0 Å². The maximum absolute atomic E-state index is 13.2. The minimum atomic E-state index is -3.84. The third-order valence-electron chi connectivity index (χ3n) is 5.17. The van der Waals surface area contributed by atoms with Crippen LogP contribution in [0.25, 0.3) is 0 Å². The molecule has 7 nitrogen and oxygen atoms in total. The van der Waals surface area contributed by atoms with Gasteiger partial charge in [0.15, 0.2) is 0 Å². The predicted molar refractivity (Wildman–Crippen MR) is 110 cm³/mol. The van der Waals surface area contributed by atoms with Crippen molar-refractivity contribution in [3.63, 3.8) is 0 Å². The highest BCUT2D eigenvalue weighted by Gasteiger charge is 2.22. The van der Waals surface area contributed by atoms with E-state index in [4.69, 9.17) is 9.83 Å². The molecule has 0 spiro atoms. The Balaban J connectivity index is 2.02. The molecule has 1 aromatic heterocycles.